The molecule has 0 aromatic heterocycles. The highest BCUT2D eigenvalue weighted by molar-refractivity contribution is 9.10. The Labute approximate surface area is 127 Å². The number of hydrogen-bond acceptors (Lipinski definition) is 3. The van der Waals surface area contributed by atoms with Crippen LogP contribution in [0.3, 0.4) is 0 Å². The molecule has 4 nitrogen and oxygen atoms in total. The van der Waals surface area contributed by atoms with Crippen molar-refractivity contribution < 1.29 is 15.0 Å². The van der Waals surface area contributed by atoms with Gasteiger partial charge in [-0.2, -0.15) is 0 Å². The van der Waals surface area contributed by atoms with Gasteiger partial charge in [0.25, 0.3) is 5.91 Å². The third kappa shape index (κ3) is 3.33. The summed E-state index contributed by atoms with van der Waals surface area (Å²) in [6.45, 7) is 2.06. The fourth-order valence-corrected chi connectivity index (χ4v) is 3.32. The molecule has 1 saturated carbocycles. The van der Waals surface area contributed by atoms with Gasteiger partial charge >= 0.3 is 0 Å². The molecule has 0 saturated heterocycles. The van der Waals surface area contributed by atoms with Crippen LogP contribution in [0.15, 0.2) is 22.7 Å². The number of aromatic hydroxyl groups is 1. The highest BCUT2D eigenvalue weighted by Gasteiger charge is 2.36. The van der Waals surface area contributed by atoms with Crippen LogP contribution < -0.4 is 5.32 Å². The second kappa shape index (κ2) is 6.14. The maximum atomic E-state index is 12.4. The molecule has 0 aliphatic heterocycles. The molecular weight excluding hydrogens is 322 g/mol. The zero-order valence-corrected chi connectivity index (χ0v) is 13.1. The summed E-state index contributed by atoms with van der Waals surface area (Å²) < 4.78 is 0.732. The van der Waals surface area contributed by atoms with Gasteiger partial charge in [-0.3, -0.25) is 4.79 Å². The lowest BCUT2D eigenvalue weighted by atomic mass is 9.76. The number of hydrogen-bond donors (Lipinski definition) is 3. The second-order valence-corrected chi connectivity index (χ2v) is 6.67. The number of amides is 1. The van der Waals surface area contributed by atoms with Crippen LogP contribution in [-0.2, 0) is 0 Å². The van der Waals surface area contributed by atoms with Gasteiger partial charge < -0.3 is 15.5 Å². The number of carbonyl (C=O) groups is 1. The van der Waals surface area contributed by atoms with E-state index in [-0.39, 0.29) is 23.8 Å². The molecule has 0 heterocycles. The molecule has 2 atom stereocenters. The van der Waals surface area contributed by atoms with Crippen LogP contribution >= 0.6 is 15.9 Å². The van der Waals surface area contributed by atoms with Gasteiger partial charge in [0.05, 0.1) is 17.7 Å². The van der Waals surface area contributed by atoms with Gasteiger partial charge in [0.2, 0.25) is 0 Å². The third-order valence-corrected chi connectivity index (χ3v) is 4.47. The van der Waals surface area contributed by atoms with E-state index in [9.17, 15) is 15.0 Å². The lowest BCUT2D eigenvalue weighted by Crippen LogP contribution is -2.53. The monoisotopic (exact) mass is 341 g/mol. The molecule has 3 N–H and O–H groups in total. The lowest BCUT2D eigenvalue weighted by molar-refractivity contribution is 0.0695. The first-order valence-electron chi connectivity index (χ1n) is 6.88. The SMILES string of the molecule is CC1CCCC(CO)(NC(=O)c2cc(Br)ccc2O)C1. The Kier molecular flexibility index (Phi) is 4.70. The Morgan fingerprint density at radius 1 is 1.55 bits per heavy atom. The quantitative estimate of drug-likeness (QED) is 0.791. The topological polar surface area (TPSA) is 69.6 Å². The summed E-state index contributed by atoms with van der Waals surface area (Å²) >= 11 is 3.29. The first kappa shape index (κ1) is 15.3. The van der Waals surface area contributed by atoms with Crippen LogP contribution in [0, 0.1) is 5.92 Å². The molecule has 20 heavy (non-hydrogen) atoms. The molecular formula is C15H20BrNO3. The van der Waals surface area contributed by atoms with E-state index in [2.05, 4.69) is 28.2 Å². The zero-order valence-electron chi connectivity index (χ0n) is 11.5. The highest BCUT2D eigenvalue weighted by Crippen LogP contribution is 2.33. The Hall–Kier alpha value is -1.07. The minimum absolute atomic E-state index is 0.0531. The predicted molar refractivity (Wildman–Crippen MR) is 80.7 cm³/mol. The van der Waals surface area contributed by atoms with Crippen LogP contribution in [0.2, 0.25) is 0 Å². The van der Waals surface area contributed by atoms with Gasteiger partial charge in [-0.05, 0) is 37.0 Å². The number of aliphatic hydroxyl groups is 1. The van der Waals surface area contributed by atoms with Crippen molar-refractivity contribution in [2.45, 2.75) is 38.1 Å². The average Bonchev–Trinajstić information content (AvgIpc) is 2.41. The van der Waals surface area contributed by atoms with Crippen LogP contribution in [0.5, 0.6) is 5.75 Å². The Bertz CT molecular complexity index is 506. The number of phenolic OH excluding ortho intramolecular Hbond substituents is 1. The summed E-state index contributed by atoms with van der Waals surface area (Å²) in [5.41, 5.74) is -0.339. The van der Waals surface area contributed by atoms with Gasteiger partial charge in [0, 0.05) is 4.47 Å². The molecule has 5 heteroatoms. The van der Waals surface area contributed by atoms with Crippen molar-refractivity contribution in [2.75, 3.05) is 6.61 Å². The van der Waals surface area contributed by atoms with E-state index < -0.39 is 5.54 Å². The summed E-state index contributed by atoms with van der Waals surface area (Å²) in [6.07, 6.45) is 3.66. The van der Waals surface area contributed by atoms with Gasteiger partial charge in [-0.25, -0.2) is 0 Å². The number of phenols is 1. The molecule has 1 aliphatic rings. The van der Waals surface area contributed by atoms with Crippen molar-refractivity contribution in [3.05, 3.63) is 28.2 Å². The first-order valence-corrected chi connectivity index (χ1v) is 7.67. The maximum absolute atomic E-state index is 12.4. The molecule has 2 unspecified atom stereocenters. The number of nitrogens with one attached hydrogen (secondary N) is 1. The molecule has 1 fully saturated rings. The molecule has 0 radical (unpaired) electrons. The summed E-state index contributed by atoms with van der Waals surface area (Å²) in [5.74, 6) is 0.0851. The summed E-state index contributed by atoms with van der Waals surface area (Å²) in [5, 5.41) is 22.4. The lowest BCUT2D eigenvalue weighted by Gasteiger charge is -2.39. The highest BCUT2D eigenvalue weighted by atomic mass is 79.9. The van der Waals surface area contributed by atoms with Gasteiger partial charge in [0.1, 0.15) is 5.75 Å². The van der Waals surface area contributed by atoms with Crippen molar-refractivity contribution in [3.63, 3.8) is 0 Å². The number of halogens is 1. The van der Waals surface area contributed by atoms with E-state index in [0.29, 0.717) is 5.92 Å². The van der Waals surface area contributed by atoms with Crippen LogP contribution in [0.1, 0.15) is 43.0 Å². The summed E-state index contributed by atoms with van der Waals surface area (Å²) in [4.78, 5) is 12.4. The van der Waals surface area contributed by atoms with E-state index >= 15 is 0 Å². The van der Waals surface area contributed by atoms with Gasteiger partial charge in [0.15, 0.2) is 0 Å². The normalized spacial score (nSPS) is 26.2. The van der Waals surface area contributed by atoms with Gasteiger partial charge in [-0.1, -0.05) is 35.7 Å². The molecule has 1 amide bonds. The smallest absolute Gasteiger partial charge is 0.255 e. The van der Waals surface area contributed by atoms with Crippen molar-refractivity contribution in [3.8, 4) is 5.75 Å². The molecule has 0 spiro atoms. The van der Waals surface area contributed by atoms with E-state index in [1.54, 1.807) is 12.1 Å². The van der Waals surface area contributed by atoms with Crippen LogP contribution in [-0.4, -0.2) is 28.3 Å². The number of aliphatic hydroxyl groups excluding tert-OH is 1. The molecule has 1 aromatic rings. The summed E-state index contributed by atoms with van der Waals surface area (Å²) in [6, 6.07) is 4.74. The summed E-state index contributed by atoms with van der Waals surface area (Å²) in [7, 11) is 0. The van der Waals surface area contributed by atoms with E-state index in [4.69, 9.17) is 0 Å². The van der Waals surface area contributed by atoms with E-state index in [1.165, 1.54) is 6.07 Å². The van der Waals surface area contributed by atoms with Gasteiger partial charge in [-0.15, -0.1) is 0 Å². The molecule has 110 valence electrons. The average molecular weight is 342 g/mol. The standard InChI is InChI=1S/C15H20BrNO3/c1-10-3-2-6-15(8-10,9-18)17-14(20)12-7-11(16)4-5-13(12)19/h4-5,7,10,18-19H,2-3,6,8-9H2,1H3,(H,17,20). The largest absolute Gasteiger partial charge is 0.507 e. The zero-order chi connectivity index (χ0) is 14.8. The molecule has 0 bridgehead atoms. The Morgan fingerprint density at radius 2 is 2.30 bits per heavy atom. The molecule has 1 aromatic carbocycles. The Morgan fingerprint density at radius 3 is 2.95 bits per heavy atom. The minimum atomic E-state index is -0.566. The predicted octanol–water partition coefficient (Wildman–Crippen LogP) is 2.83. The fourth-order valence-electron chi connectivity index (χ4n) is 2.96. The van der Waals surface area contributed by atoms with Crippen LogP contribution in [0.4, 0.5) is 0 Å². The third-order valence-electron chi connectivity index (χ3n) is 3.98. The number of benzene rings is 1. The van der Waals surface area contributed by atoms with E-state index in [1.807, 2.05) is 0 Å². The van der Waals surface area contributed by atoms with Crippen molar-refractivity contribution >= 4 is 21.8 Å². The van der Waals surface area contributed by atoms with Crippen molar-refractivity contribution in [2.24, 2.45) is 5.92 Å². The van der Waals surface area contributed by atoms with Crippen LogP contribution in [0.25, 0.3) is 0 Å². The molecule has 2 rings (SSSR count). The number of rotatable bonds is 3. The van der Waals surface area contributed by atoms with E-state index in [0.717, 1.165) is 30.2 Å². The fraction of sp³-hybridized carbons (Fsp3) is 0.533. The minimum Gasteiger partial charge on any atom is -0.507 e. The maximum Gasteiger partial charge on any atom is 0.255 e. The first-order chi connectivity index (χ1) is 9.46. The van der Waals surface area contributed by atoms with Crippen molar-refractivity contribution in [1.29, 1.82) is 0 Å². The molecule has 1 aliphatic carbocycles. The second-order valence-electron chi connectivity index (χ2n) is 5.76. The number of carbonyl (C=O) groups excluding carboxylic acids is 1. The van der Waals surface area contributed by atoms with Crippen molar-refractivity contribution in [1.82, 2.24) is 5.32 Å². The Balaban J connectivity index is 2.19.